The molecular formula is C14H23NO2. The van der Waals surface area contributed by atoms with Gasteiger partial charge in [0, 0.05) is 12.1 Å². The smallest absolute Gasteiger partial charge is 0.124 e. The maximum atomic E-state index is 9.87. The molecule has 0 aliphatic heterocycles. The fraction of sp³-hybridized carbons (Fsp3) is 0.571. The maximum Gasteiger partial charge on any atom is 0.124 e. The lowest BCUT2D eigenvalue weighted by molar-refractivity contribution is 0.160. The van der Waals surface area contributed by atoms with Crippen LogP contribution in [0.25, 0.3) is 0 Å². The minimum atomic E-state index is 0.0103. The molecule has 1 aromatic rings. The van der Waals surface area contributed by atoms with Crippen LogP contribution >= 0.6 is 0 Å². The van der Waals surface area contributed by atoms with E-state index in [-0.39, 0.29) is 17.5 Å². The van der Waals surface area contributed by atoms with Crippen molar-refractivity contribution in [3.05, 3.63) is 23.8 Å². The largest absolute Gasteiger partial charge is 0.507 e. The average molecular weight is 237 g/mol. The zero-order valence-corrected chi connectivity index (χ0v) is 11.1. The van der Waals surface area contributed by atoms with Crippen LogP contribution in [-0.2, 0) is 0 Å². The van der Waals surface area contributed by atoms with Crippen LogP contribution in [-0.4, -0.2) is 27.7 Å². The van der Waals surface area contributed by atoms with Crippen molar-refractivity contribution in [1.29, 1.82) is 0 Å². The van der Waals surface area contributed by atoms with Gasteiger partial charge in [-0.1, -0.05) is 13.0 Å². The summed E-state index contributed by atoms with van der Waals surface area (Å²) in [7, 11) is 0. The number of aromatic hydroxyl groups is 2. The molecular weight excluding hydrogens is 214 g/mol. The summed E-state index contributed by atoms with van der Waals surface area (Å²) in [6.07, 6.45) is 1.05. The van der Waals surface area contributed by atoms with E-state index in [4.69, 9.17) is 0 Å². The monoisotopic (exact) mass is 237 g/mol. The summed E-state index contributed by atoms with van der Waals surface area (Å²) in [4.78, 5) is 2.27. The molecule has 96 valence electrons. The number of hydrogen-bond donors (Lipinski definition) is 2. The molecule has 17 heavy (non-hydrogen) atoms. The Morgan fingerprint density at radius 1 is 1.12 bits per heavy atom. The van der Waals surface area contributed by atoms with Crippen molar-refractivity contribution in [3.8, 4) is 11.5 Å². The topological polar surface area (TPSA) is 43.7 Å². The Labute approximate surface area is 104 Å². The molecule has 3 nitrogen and oxygen atoms in total. The summed E-state index contributed by atoms with van der Waals surface area (Å²) in [6, 6.07) is 5.28. The van der Waals surface area contributed by atoms with Crippen molar-refractivity contribution in [1.82, 2.24) is 4.90 Å². The summed E-state index contributed by atoms with van der Waals surface area (Å²) in [5.41, 5.74) is 0.620. The SMILES string of the molecule is CCCN(C(C)C)C(C)c1c(O)cccc1O. The van der Waals surface area contributed by atoms with Crippen LogP contribution in [0.5, 0.6) is 11.5 Å². The first-order valence-electron chi connectivity index (χ1n) is 6.25. The van der Waals surface area contributed by atoms with E-state index in [9.17, 15) is 10.2 Å². The first kappa shape index (κ1) is 13.8. The van der Waals surface area contributed by atoms with Gasteiger partial charge >= 0.3 is 0 Å². The van der Waals surface area contributed by atoms with Gasteiger partial charge in [-0.3, -0.25) is 4.90 Å². The Hall–Kier alpha value is -1.22. The molecule has 0 aliphatic rings. The number of hydrogen-bond acceptors (Lipinski definition) is 3. The molecule has 0 saturated heterocycles. The first-order chi connectivity index (χ1) is 7.99. The Balaban J connectivity index is 3.04. The van der Waals surface area contributed by atoms with Crippen LogP contribution in [0.15, 0.2) is 18.2 Å². The van der Waals surface area contributed by atoms with Crippen LogP contribution in [0.1, 0.15) is 45.7 Å². The van der Waals surface area contributed by atoms with Crippen LogP contribution in [0.2, 0.25) is 0 Å². The predicted molar refractivity (Wildman–Crippen MR) is 70.3 cm³/mol. The minimum Gasteiger partial charge on any atom is -0.507 e. The van der Waals surface area contributed by atoms with Gasteiger partial charge < -0.3 is 10.2 Å². The van der Waals surface area contributed by atoms with Gasteiger partial charge in [-0.2, -0.15) is 0 Å². The second kappa shape index (κ2) is 5.92. The Morgan fingerprint density at radius 2 is 1.65 bits per heavy atom. The normalized spacial score (nSPS) is 13.3. The Kier molecular flexibility index (Phi) is 4.82. The van der Waals surface area contributed by atoms with Crippen molar-refractivity contribution < 1.29 is 10.2 Å². The summed E-state index contributed by atoms with van der Waals surface area (Å²) >= 11 is 0. The van der Waals surface area contributed by atoms with Gasteiger partial charge in [0.05, 0.1) is 5.56 Å². The van der Waals surface area contributed by atoms with Crippen molar-refractivity contribution in [2.45, 2.75) is 46.2 Å². The van der Waals surface area contributed by atoms with Gasteiger partial charge in [0.15, 0.2) is 0 Å². The van der Waals surface area contributed by atoms with Gasteiger partial charge in [-0.05, 0) is 45.9 Å². The second-order valence-electron chi connectivity index (χ2n) is 4.72. The molecule has 0 bridgehead atoms. The molecule has 0 aromatic heterocycles. The van der Waals surface area contributed by atoms with Gasteiger partial charge in [-0.15, -0.1) is 0 Å². The molecule has 0 spiro atoms. The van der Waals surface area contributed by atoms with Crippen LogP contribution < -0.4 is 0 Å². The molecule has 1 rings (SSSR count). The van der Waals surface area contributed by atoms with E-state index in [1.165, 1.54) is 0 Å². The van der Waals surface area contributed by atoms with Gasteiger partial charge in [0.2, 0.25) is 0 Å². The third kappa shape index (κ3) is 3.13. The quantitative estimate of drug-likeness (QED) is 0.826. The van der Waals surface area contributed by atoms with Gasteiger partial charge in [0.25, 0.3) is 0 Å². The third-order valence-electron chi connectivity index (χ3n) is 3.12. The van der Waals surface area contributed by atoms with E-state index >= 15 is 0 Å². The molecule has 0 heterocycles. The summed E-state index contributed by atoms with van der Waals surface area (Å²) < 4.78 is 0. The van der Waals surface area contributed by atoms with Crippen molar-refractivity contribution in [2.24, 2.45) is 0 Å². The molecule has 0 aliphatic carbocycles. The number of nitrogens with zero attached hydrogens (tertiary/aromatic N) is 1. The fourth-order valence-electron chi connectivity index (χ4n) is 2.29. The molecule has 1 aromatic carbocycles. The van der Waals surface area contributed by atoms with Crippen molar-refractivity contribution in [3.63, 3.8) is 0 Å². The van der Waals surface area contributed by atoms with Gasteiger partial charge in [-0.25, -0.2) is 0 Å². The molecule has 3 heteroatoms. The maximum absolute atomic E-state index is 9.87. The van der Waals surface area contributed by atoms with E-state index in [0.29, 0.717) is 11.6 Å². The zero-order valence-electron chi connectivity index (χ0n) is 11.1. The van der Waals surface area contributed by atoms with Crippen LogP contribution in [0.3, 0.4) is 0 Å². The molecule has 1 atom stereocenters. The van der Waals surface area contributed by atoms with Crippen molar-refractivity contribution >= 4 is 0 Å². The lowest BCUT2D eigenvalue weighted by atomic mass is 10.0. The summed E-state index contributed by atoms with van der Waals surface area (Å²) in [5.74, 6) is 0.332. The second-order valence-corrected chi connectivity index (χ2v) is 4.72. The van der Waals surface area contributed by atoms with E-state index in [1.54, 1.807) is 18.2 Å². The van der Waals surface area contributed by atoms with Crippen molar-refractivity contribution in [2.75, 3.05) is 6.54 Å². The standard InChI is InChI=1S/C14H23NO2/c1-5-9-15(10(2)3)11(4)14-12(16)7-6-8-13(14)17/h6-8,10-11,16-17H,5,9H2,1-4H3. The number of benzene rings is 1. The molecule has 0 saturated carbocycles. The highest BCUT2D eigenvalue weighted by atomic mass is 16.3. The lowest BCUT2D eigenvalue weighted by Crippen LogP contribution is -2.34. The van der Waals surface area contributed by atoms with E-state index < -0.39 is 0 Å². The first-order valence-corrected chi connectivity index (χ1v) is 6.25. The highest BCUT2D eigenvalue weighted by Crippen LogP contribution is 2.36. The van der Waals surface area contributed by atoms with E-state index in [1.807, 2.05) is 6.92 Å². The predicted octanol–water partition coefficient (Wildman–Crippen LogP) is 3.28. The molecule has 0 amide bonds. The summed E-state index contributed by atoms with van der Waals surface area (Å²) in [6.45, 7) is 9.36. The Morgan fingerprint density at radius 3 is 2.06 bits per heavy atom. The third-order valence-corrected chi connectivity index (χ3v) is 3.12. The fourth-order valence-corrected chi connectivity index (χ4v) is 2.29. The molecule has 0 radical (unpaired) electrons. The average Bonchev–Trinajstić information content (AvgIpc) is 2.24. The molecule has 1 unspecified atom stereocenters. The van der Waals surface area contributed by atoms with Crippen LogP contribution in [0.4, 0.5) is 0 Å². The highest BCUT2D eigenvalue weighted by Gasteiger charge is 2.22. The number of phenols is 2. The van der Waals surface area contributed by atoms with E-state index in [0.717, 1.165) is 13.0 Å². The summed E-state index contributed by atoms with van der Waals surface area (Å²) in [5, 5.41) is 19.7. The zero-order chi connectivity index (χ0) is 13.0. The highest BCUT2D eigenvalue weighted by molar-refractivity contribution is 5.45. The lowest BCUT2D eigenvalue weighted by Gasteiger charge is -2.33. The van der Waals surface area contributed by atoms with E-state index in [2.05, 4.69) is 25.7 Å². The minimum absolute atomic E-state index is 0.0103. The number of rotatable bonds is 5. The van der Waals surface area contributed by atoms with Gasteiger partial charge in [0.1, 0.15) is 11.5 Å². The molecule has 0 fully saturated rings. The molecule has 2 N–H and O–H groups in total. The Bertz CT molecular complexity index is 343. The van der Waals surface area contributed by atoms with Crippen LogP contribution in [0, 0.1) is 0 Å². The number of phenolic OH excluding ortho intramolecular Hbond substituents is 2.